The van der Waals surface area contributed by atoms with Crippen molar-refractivity contribution in [2.75, 3.05) is 24.8 Å². The lowest BCUT2D eigenvalue weighted by atomic mass is 9.93. The molecule has 2 aromatic rings. The third kappa shape index (κ3) is 3.58. The van der Waals surface area contributed by atoms with Crippen LogP contribution in [0, 0.1) is 5.92 Å². The zero-order chi connectivity index (χ0) is 20.6. The van der Waals surface area contributed by atoms with Crippen molar-refractivity contribution in [3.63, 3.8) is 0 Å². The Morgan fingerprint density at radius 3 is 2.75 bits per heavy atom. The fourth-order valence-corrected chi connectivity index (χ4v) is 3.94. The summed E-state index contributed by atoms with van der Waals surface area (Å²) >= 11 is 1.11. The van der Waals surface area contributed by atoms with E-state index in [1.165, 1.54) is 0 Å². The van der Waals surface area contributed by atoms with Gasteiger partial charge in [-0.15, -0.1) is 11.3 Å². The van der Waals surface area contributed by atoms with Crippen molar-refractivity contribution >= 4 is 44.8 Å². The summed E-state index contributed by atoms with van der Waals surface area (Å²) in [6.45, 7) is 5.51. The predicted octanol–water partition coefficient (Wildman–Crippen LogP) is 1.52. The molecule has 0 aliphatic carbocycles. The van der Waals surface area contributed by atoms with E-state index in [1.54, 1.807) is 13.3 Å². The molecule has 3 heterocycles. The number of rotatable bonds is 6. The molecule has 2 unspecified atom stereocenters. The van der Waals surface area contributed by atoms with Crippen LogP contribution in [0.5, 0.6) is 0 Å². The fraction of sp³-hybridized carbons (Fsp3) is 0.444. The lowest BCUT2D eigenvalue weighted by molar-refractivity contribution is 0.100. The molecule has 1 amide bonds. The molecule has 28 heavy (non-hydrogen) atoms. The summed E-state index contributed by atoms with van der Waals surface area (Å²) in [5.41, 5.74) is 12.5. The van der Waals surface area contributed by atoms with E-state index in [9.17, 15) is 9.90 Å². The van der Waals surface area contributed by atoms with E-state index in [1.807, 2.05) is 26.8 Å². The molecule has 3 rings (SSSR count). The van der Waals surface area contributed by atoms with E-state index in [0.717, 1.165) is 11.3 Å². The van der Waals surface area contributed by atoms with Crippen LogP contribution in [-0.4, -0.2) is 52.1 Å². The minimum atomic E-state index is -0.644. The number of methoxy groups -OCH3 is 1. The summed E-state index contributed by atoms with van der Waals surface area (Å²) in [5.74, 6) is -0.412. The average Bonchev–Trinajstić information content (AvgIpc) is 2.98. The van der Waals surface area contributed by atoms with Gasteiger partial charge in [-0.2, -0.15) is 0 Å². The molecule has 0 saturated heterocycles. The van der Waals surface area contributed by atoms with E-state index in [4.69, 9.17) is 16.2 Å². The summed E-state index contributed by atoms with van der Waals surface area (Å²) in [5, 5.41) is 13.2. The molecule has 0 bridgehead atoms. The normalized spacial score (nSPS) is 19.7. The number of primary amides is 1. The lowest BCUT2D eigenvalue weighted by Crippen LogP contribution is -2.36. The monoisotopic (exact) mass is 404 g/mol. The summed E-state index contributed by atoms with van der Waals surface area (Å²) < 4.78 is 5.51. The van der Waals surface area contributed by atoms with Crippen LogP contribution in [0.4, 0.5) is 11.6 Å². The van der Waals surface area contributed by atoms with E-state index < -0.39 is 11.4 Å². The SMILES string of the molecule is COC1C=CN=C(c2nc(NC(C)(C)CO)nc3sc(C(N)=O)c(N)c23)C1C. The highest BCUT2D eigenvalue weighted by molar-refractivity contribution is 7.21. The Bertz CT molecular complexity index is 981. The number of nitrogen functional groups attached to an aromatic ring is 1. The van der Waals surface area contributed by atoms with E-state index in [2.05, 4.69) is 20.3 Å². The second-order valence-corrected chi connectivity index (χ2v) is 8.30. The van der Waals surface area contributed by atoms with E-state index in [-0.39, 0.29) is 29.2 Å². The van der Waals surface area contributed by atoms with Gasteiger partial charge in [0.1, 0.15) is 15.4 Å². The number of aliphatic hydroxyl groups is 1. The fourth-order valence-electron chi connectivity index (χ4n) is 3.00. The van der Waals surface area contributed by atoms with Gasteiger partial charge in [0.15, 0.2) is 0 Å². The van der Waals surface area contributed by atoms with Gasteiger partial charge in [-0.1, -0.05) is 6.92 Å². The predicted molar refractivity (Wildman–Crippen MR) is 111 cm³/mol. The Balaban J connectivity index is 2.25. The van der Waals surface area contributed by atoms with E-state index >= 15 is 0 Å². The number of carbonyl (C=O) groups is 1. The molecular formula is C18H24N6O3S. The smallest absolute Gasteiger partial charge is 0.260 e. The summed E-state index contributed by atoms with van der Waals surface area (Å²) in [6, 6.07) is 0. The Hall–Kier alpha value is -2.56. The number of nitrogens with one attached hydrogen (secondary N) is 1. The number of hydrogen-bond acceptors (Lipinski definition) is 9. The van der Waals surface area contributed by atoms with Crippen molar-refractivity contribution < 1.29 is 14.6 Å². The number of ether oxygens (including phenoxy) is 1. The Kier molecular flexibility index (Phi) is 5.37. The zero-order valence-corrected chi connectivity index (χ0v) is 17.0. The molecular weight excluding hydrogens is 380 g/mol. The topological polar surface area (TPSA) is 149 Å². The van der Waals surface area contributed by atoms with Gasteiger partial charge in [-0.3, -0.25) is 9.79 Å². The molecule has 10 heteroatoms. The van der Waals surface area contributed by atoms with Crippen LogP contribution in [0.15, 0.2) is 17.3 Å². The van der Waals surface area contributed by atoms with Crippen LogP contribution >= 0.6 is 11.3 Å². The first-order chi connectivity index (χ1) is 13.2. The maximum Gasteiger partial charge on any atom is 0.260 e. The van der Waals surface area contributed by atoms with Crippen molar-refractivity contribution in [1.29, 1.82) is 0 Å². The highest BCUT2D eigenvalue weighted by Gasteiger charge is 2.30. The highest BCUT2D eigenvalue weighted by atomic mass is 32.1. The van der Waals surface area contributed by atoms with Crippen LogP contribution in [0.1, 0.15) is 36.1 Å². The van der Waals surface area contributed by atoms with Crippen molar-refractivity contribution in [2.45, 2.75) is 32.4 Å². The maximum absolute atomic E-state index is 11.8. The number of thiophene rings is 1. The number of aliphatic imine (C=N–C) groups is 1. The maximum atomic E-state index is 11.8. The first-order valence-corrected chi connectivity index (χ1v) is 9.56. The van der Waals surface area contributed by atoms with Gasteiger partial charge in [0, 0.05) is 19.2 Å². The summed E-state index contributed by atoms with van der Waals surface area (Å²) in [6.07, 6.45) is 3.37. The Labute approximate surface area is 166 Å². The first kappa shape index (κ1) is 20.2. The Morgan fingerprint density at radius 1 is 1.43 bits per heavy atom. The van der Waals surface area contributed by atoms with Gasteiger partial charge >= 0.3 is 0 Å². The van der Waals surface area contributed by atoms with Crippen LogP contribution in [-0.2, 0) is 4.74 Å². The molecule has 9 nitrogen and oxygen atoms in total. The standard InChI is InChI=1S/C18H24N6O3S/c1-8-9(27-4)5-6-21-12(8)13-10-11(19)14(15(20)26)28-16(10)23-17(22-13)24-18(2,3)7-25/h5-6,8-9,25H,7,19H2,1-4H3,(H2,20,26)(H,22,23,24). The third-order valence-electron chi connectivity index (χ3n) is 4.59. The molecule has 0 radical (unpaired) electrons. The lowest BCUT2D eigenvalue weighted by Gasteiger charge is -2.26. The van der Waals surface area contributed by atoms with Gasteiger partial charge in [-0.05, 0) is 19.9 Å². The molecule has 0 saturated carbocycles. The molecule has 0 fully saturated rings. The van der Waals surface area contributed by atoms with Crippen LogP contribution in [0.2, 0.25) is 0 Å². The molecule has 6 N–H and O–H groups in total. The number of aliphatic hydroxyl groups excluding tert-OH is 1. The number of fused-ring (bicyclic) bond motifs is 1. The largest absolute Gasteiger partial charge is 0.397 e. The average molecular weight is 404 g/mol. The van der Waals surface area contributed by atoms with Gasteiger partial charge in [0.05, 0.1) is 35.0 Å². The van der Waals surface area contributed by atoms with E-state index in [0.29, 0.717) is 27.6 Å². The second-order valence-electron chi connectivity index (χ2n) is 7.30. The molecule has 0 aromatic carbocycles. The molecule has 2 atom stereocenters. The van der Waals surface area contributed by atoms with Gasteiger partial charge in [-0.25, -0.2) is 9.97 Å². The van der Waals surface area contributed by atoms with Crippen molar-refractivity contribution in [3.8, 4) is 0 Å². The van der Waals surface area contributed by atoms with Gasteiger partial charge in [0.25, 0.3) is 5.91 Å². The Morgan fingerprint density at radius 2 is 2.14 bits per heavy atom. The molecule has 0 spiro atoms. The van der Waals surface area contributed by atoms with Crippen molar-refractivity contribution in [3.05, 3.63) is 22.8 Å². The number of amides is 1. The second kappa shape index (κ2) is 7.46. The summed E-state index contributed by atoms with van der Waals surface area (Å²) in [4.78, 5) is 26.2. The summed E-state index contributed by atoms with van der Waals surface area (Å²) in [7, 11) is 1.63. The van der Waals surface area contributed by atoms with Gasteiger partial charge in [0.2, 0.25) is 5.95 Å². The highest BCUT2D eigenvalue weighted by Crippen LogP contribution is 2.37. The number of aromatic nitrogens is 2. The van der Waals surface area contributed by atoms with Crippen molar-refractivity contribution in [1.82, 2.24) is 9.97 Å². The number of carbonyl (C=O) groups excluding carboxylic acids is 1. The van der Waals surface area contributed by atoms with Gasteiger partial charge < -0.3 is 26.6 Å². The zero-order valence-electron chi connectivity index (χ0n) is 16.2. The first-order valence-electron chi connectivity index (χ1n) is 8.75. The third-order valence-corrected chi connectivity index (χ3v) is 5.70. The quantitative estimate of drug-likeness (QED) is 0.570. The van der Waals surface area contributed by atoms with Crippen LogP contribution in [0.3, 0.4) is 0 Å². The van der Waals surface area contributed by atoms with Crippen LogP contribution in [0.25, 0.3) is 10.2 Å². The molecule has 1 aliphatic heterocycles. The molecule has 1 aliphatic rings. The molecule has 2 aromatic heterocycles. The molecule has 150 valence electrons. The number of nitrogens with zero attached hydrogens (tertiary/aromatic N) is 3. The number of anilines is 2. The minimum absolute atomic E-state index is 0.0943. The number of nitrogens with two attached hydrogens (primary N) is 2. The number of hydrogen-bond donors (Lipinski definition) is 4. The van der Waals surface area contributed by atoms with Crippen LogP contribution < -0.4 is 16.8 Å². The minimum Gasteiger partial charge on any atom is -0.397 e. The van der Waals surface area contributed by atoms with Crippen molar-refractivity contribution in [2.24, 2.45) is 16.6 Å².